The topological polar surface area (TPSA) is 96.4 Å². The molecule has 1 N–H and O–H groups in total. The normalized spacial score (nSPS) is 14.3. The molecule has 1 amide bonds. The van der Waals surface area contributed by atoms with Gasteiger partial charge in [0.15, 0.2) is 11.6 Å². The van der Waals surface area contributed by atoms with Gasteiger partial charge in [0, 0.05) is 59.8 Å². The van der Waals surface area contributed by atoms with Crippen LogP contribution in [0.4, 0.5) is 15.3 Å². The lowest BCUT2D eigenvalue weighted by atomic mass is 9.96. The van der Waals surface area contributed by atoms with E-state index in [0.29, 0.717) is 29.0 Å². The molecule has 1 saturated heterocycles. The Morgan fingerprint density at radius 2 is 1.98 bits per heavy atom. The van der Waals surface area contributed by atoms with Gasteiger partial charge in [-0.3, -0.25) is 14.7 Å². The maximum Gasteiger partial charge on any atom is 0.236 e. The summed E-state index contributed by atoms with van der Waals surface area (Å²) >= 11 is 4.50. The smallest absolute Gasteiger partial charge is 0.236 e. The number of nitrogens with zero attached hydrogens (tertiary/aromatic N) is 6. The van der Waals surface area contributed by atoms with Gasteiger partial charge in [-0.15, -0.1) is 11.3 Å². The second-order valence-corrected chi connectivity index (χ2v) is 12.8. The zero-order valence-corrected chi connectivity index (χ0v) is 25.4. The van der Waals surface area contributed by atoms with Crippen molar-refractivity contribution in [1.82, 2.24) is 29.1 Å². The number of carbonyl (C=O) groups is 1. The fourth-order valence-electron chi connectivity index (χ4n) is 4.58. The number of carbonyl (C=O) groups excluding carboxylic acids is 1. The van der Waals surface area contributed by atoms with E-state index in [-0.39, 0.29) is 17.6 Å². The van der Waals surface area contributed by atoms with E-state index in [1.165, 1.54) is 23.7 Å². The molecule has 6 rings (SSSR count). The first kappa shape index (κ1) is 28.5. The first-order chi connectivity index (χ1) is 20.4. The number of likely N-dealkylation sites (N-methyl/N-ethyl adjacent to an activating group) is 1. The molecule has 5 heterocycles. The molecule has 0 spiro atoms. The number of anilines is 2. The van der Waals surface area contributed by atoms with E-state index < -0.39 is 0 Å². The van der Waals surface area contributed by atoms with Gasteiger partial charge in [-0.1, -0.05) is 11.8 Å². The molecule has 1 aliphatic rings. The van der Waals surface area contributed by atoms with E-state index in [4.69, 9.17) is 9.72 Å². The summed E-state index contributed by atoms with van der Waals surface area (Å²) in [5, 5.41) is 5.93. The number of pyridine rings is 2. The third-order valence-electron chi connectivity index (χ3n) is 6.88. The number of thiophene rings is 1. The highest BCUT2D eigenvalue weighted by atomic mass is 32.2. The molecule has 0 unspecified atom stereocenters. The molecule has 0 aliphatic carbocycles. The lowest BCUT2D eigenvalue weighted by Gasteiger charge is -2.30. The highest BCUT2D eigenvalue weighted by Gasteiger charge is 2.25. The monoisotopic (exact) mass is 621 g/mol. The van der Waals surface area contributed by atoms with Crippen LogP contribution in [0.5, 0.6) is 11.5 Å². The Morgan fingerprint density at radius 3 is 2.76 bits per heavy atom. The van der Waals surface area contributed by atoms with Crippen LogP contribution in [0.25, 0.3) is 10.2 Å². The summed E-state index contributed by atoms with van der Waals surface area (Å²) in [5.74, 6) is 2.27. The van der Waals surface area contributed by atoms with Crippen LogP contribution in [0.15, 0.2) is 70.0 Å². The molecule has 1 fully saturated rings. The number of rotatable bonds is 9. The van der Waals surface area contributed by atoms with Gasteiger partial charge in [-0.25, -0.2) is 14.4 Å². The Morgan fingerprint density at radius 1 is 1.17 bits per heavy atom. The predicted molar refractivity (Wildman–Crippen MR) is 165 cm³/mol. The number of nitrogens with one attached hydrogen (secondary N) is 1. The van der Waals surface area contributed by atoms with Crippen LogP contribution in [0.3, 0.4) is 0 Å². The van der Waals surface area contributed by atoms with Gasteiger partial charge in [0.05, 0.1) is 16.8 Å². The predicted octanol–water partition coefficient (Wildman–Crippen LogP) is 6.64. The first-order valence-corrected chi connectivity index (χ1v) is 15.8. The zero-order valence-electron chi connectivity index (χ0n) is 23.0. The summed E-state index contributed by atoms with van der Waals surface area (Å²) in [4.78, 5) is 31.7. The lowest BCUT2D eigenvalue weighted by molar-refractivity contribution is -0.130. The Hall–Kier alpha value is -3.65. The minimum absolute atomic E-state index is 0.114. The summed E-state index contributed by atoms with van der Waals surface area (Å²) < 4.78 is 25.5. The number of hydrogen-bond donors (Lipinski definition) is 1. The second kappa shape index (κ2) is 12.7. The molecule has 0 radical (unpaired) electrons. The van der Waals surface area contributed by atoms with Gasteiger partial charge < -0.3 is 15.0 Å². The molecular formula is C29H28FN7O2S3. The van der Waals surface area contributed by atoms with E-state index in [0.717, 1.165) is 51.8 Å². The van der Waals surface area contributed by atoms with Crippen molar-refractivity contribution in [3.8, 4) is 11.5 Å². The number of hydrogen-bond acceptors (Lipinski definition) is 11. The maximum atomic E-state index is 13.5. The minimum atomic E-state index is -0.336. The Balaban J connectivity index is 1.19. The highest BCUT2D eigenvalue weighted by Crippen LogP contribution is 2.39. The highest BCUT2D eigenvalue weighted by molar-refractivity contribution is 7.99. The minimum Gasteiger partial charge on any atom is -0.453 e. The number of piperidine rings is 1. The van der Waals surface area contributed by atoms with Crippen molar-refractivity contribution >= 4 is 61.7 Å². The van der Waals surface area contributed by atoms with Gasteiger partial charge in [0.25, 0.3) is 0 Å². The van der Waals surface area contributed by atoms with Gasteiger partial charge in [0.1, 0.15) is 17.4 Å². The number of likely N-dealkylation sites (tertiary alicyclic amines) is 1. The third kappa shape index (κ3) is 6.70. The summed E-state index contributed by atoms with van der Waals surface area (Å²) in [6.45, 7) is 2.10. The van der Waals surface area contributed by atoms with Crippen LogP contribution in [0.1, 0.15) is 24.6 Å². The van der Waals surface area contributed by atoms with E-state index in [9.17, 15) is 9.18 Å². The molecule has 0 bridgehead atoms. The van der Waals surface area contributed by atoms with Crippen LogP contribution in [-0.4, -0.2) is 68.8 Å². The average Bonchev–Trinajstić information content (AvgIpc) is 3.67. The van der Waals surface area contributed by atoms with Crippen molar-refractivity contribution in [2.45, 2.75) is 28.6 Å². The van der Waals surface area contributed by atoms with E-state index in [1.807, 2.05) is 23.6 Å². The second-order valence-electron chi connectivity index (χ2n) is 10.0. The SMILES string of the molecule is CN(C)C(=O)CN1CCC(c2nsc(Nc3ncc(Sc4ccnc5ccsc45)cc3Oc3ccc(F)cc3)n2)CC1. The average molecular weight is 622 g/mol. The largest absolute Gasteiger partial charge is 0.453 e. The molecule has 5 aromatic rings. The molecule has 4 aromatic heterocycles. The van der Waals surface area contributed by atoms with Crippen molar-refractivity contribution in [3.05, 3.63) is 71.9 Å². The Kier molecular flexibility index (Phi) is 8.60. The first-order valence-electron chi connectivity index (χ1n) is 13.4. The number of amides is 1. The van der Waals surface area contributed by atoms with Crippen LogP contribution in [-0.2, 0) is 4.79 Å². The number of ether oxygens (including phenoxy) is 1. The fourth-order valence-corrected chi connectivity index (χ4v) is 7.10. The van der Waals surface area contributed by atoms with Crippen molar-refractivity contribution in [2.75, 3.05) is 39.0 Å². The fraction of sp³-hybridized carbons (Fsp3) is 0.276. The summed E-state index contributed by atoms with van der Waals surface area (Å²) in [6.07, 6.45) is 5.38. The lowest BCUT2D eigenvalue weighted by Crippen LogP contribution is -2.40. The number of benzene rings is 1. The van der Waals surface area contributed by atoms with Crippen molar-refractivity contribution in [1.29, 1.82) is 0 Å². The number of aromatic nitrogens is 4. The van der Waals surface area contributed by atoms with Crippen LogP contribution in [0, 0.1) is 5.82 Å². The van der Waals surface area contributed by atoms with Crippen molar-refractivity contribution in [3.63, 3.8) is 0 Å². The molecular weight excluding hydrogens is 594 g/mol. The van der Waals surface area contributed by atoms with Crippen LogP contribution >= 0.6 is 34.6 Å². The van der Waals surface area contributed by atoms with Gasteiger partial charge in [0.2, 0.25) is 11.0 Å². The molecule has 0 saturated carbocycles. The van der Waals surface area contributed by atoms with E-state index in [2.05, 4.69) is 24.6 Å². The molecule has 13 heteroatoms. The Bertz CT molecular complexity index is 1680. The summed E-state index contributed by atoms with van der Waals surface area (Å²) in [7, 11) is 3.56. The molecule has 1 aromatic carbocycles. The molecule has 1 aliphatic heterocycles. The summed E-state index contributed by atoms with van der Waals surface area (Å²) in [6, 6.07) is 11.8. The van der Waals surface area contributed by atoms with Gasteiger partial charge in [-0.2, -0.15) is 4.37 Å². The van der Waals surface area contributed by atoms with Crippen LogP contribution < -0.4 is 10.1 Å². The third-order valence-corrected chi connectivity index (χ3v) is 9.61. The molecule has 216 valence electrons. The van der Waals surface area contributed by atoms with E-state index >= 15 is 0 Å². The zero-order chi connectivity index (χ0) is 29.1. The van der Waals surface area contributed by atoms with Crippen LogP contribution in [0.2, 0.25) is 0 Å². The molecule has 0 atom stereocenters. The van der Waals surface area contributed by atoms with Gasteiger partial charge in [-0.05, 0) is 67.7 Å². The van der Waals surface area contributed by atoms with Gasteiger partial charge >= 0.3 is 0 Å². The maximum absolute atomic E-state index is 13.5. The molecule has 42 heavy (non-hydrogen) atoms. The van der Waals surface area contributed by atoms with Crippen molar-refractivity contribution in [2.24, 2.45) is 0 Å². The standard InChI is InChI=1S/C29H28FN7O2S3/c1-36(2)25(38)17-37-12-8-18(9-13-37)27-33-29(42-35-27)34-28-23(39-20-5-3-19(30)4-6-20)15-21(16-32-28)41-24-7-11-31-22-10-14-40-26(22)24/h3-7,10-11,14-16,18H,8-9,12-13,17H2,1-2H3,(H,32,33,34,35). The molecule has 9 nitrogen and oxygen atoms in total. The summed E-state index contributed by atoms with van der Waals surface area (Å²) in [5.41, 5.74) is 0.957. The van der Waals surface area contributed by atoms with Crippen molar-refractivity contribution < 1.29 is 13.9 Å². The number of fused-ring (bicyclic) bond motifs is 1. The quantitative estimate of drug-likeness (QED) is 0.194. The Labute approximate surface area is 254 Å². The van der Waals surface area contributed by atoms with E-state index in [1.54, 1.807) is 66.6 Å². The number of halogens is 1.